The maximum atomic E-state index is 12.8. The van der Waals surface area contributed by atoms with Crippen LogP contribution >= 0.6 is 0 Å². The number of ketones is 1. The minimum Gasteiger partial charge on any atom is -0.452 e. The predicted molar refractivity (Wildman–Crippen MR) is 111 cm³/mol. The number of esters is 1. The molecule has 8 heteroatoms. The van der Waals surface area contributed by atoms with Crippen molar-refractivity contribution in [3.8, 4) is 0 Å². The molecule has 1 amide bonds. The van der Waals surface area contributed by atoms with Crippen LogP contribution in [0.25, 0.3) is 0 Å². The lowest BCUT2D eigenvalue weighted by Gasteiger charge is -2.26. The molecule has 1 saturated heterocycles. The van der Waals surface area contributed by atoms with Crippen LogP contribution in [0.5, 0.6) is 0 Å². The number of carbonyl (C=O) groups is 3. The first-order valence-corrected chi connectivity index (χ1v) is 11.5. The summed E-state index contributed by atoms with van der Waals surface area (Å²) in [5.74, 6) is -1.58. The number of rotatable bonds is 7. The van der Waals surface area contributed by atoms with Crippen molar-refractivity contribution < 1.29 is 27.5 Å². The molecule has 0 aliphatic carbocycles. The van der Waals surface area contributed by atoms with Gasteiger partial charge in [-0.3, -0.25) is 9.59 Å². The van der Waals surface area contributed by atoms with Crippen LogP contribution < -0.4 is 0 Å². The number of carbonyl (C=O) groups excluding carboxylic acids is 3. The first-order valence-electron chi connectivity index (χ1n) is 9.68. The molecule has 1 aliphatic heterocycles. The van der Waals surface area contributed by atoms with E-state index in [4.69, 9.17) is 4.74 Å². The van der Waals surface area contributed by atoms with Gasteiger partial charge in [0.1, 0.15) is 0 Å². The minimum atomic E-state index is -3.14. The van der Waals surface area contributed by atoms with Crippen LogP contribution in [0.1, 0.15) is 39.6 Å². The number of likely N-dealkylation sites (N-methyl/N-ethyl adjacent to an activating group) is 1. The third-order valence-corrected chi connectivity index (χ3v) is 6.81. The Labute approximate surface area is 175 Å². The maximum absolute atomic E-state index is 12.8. The van der Waals surface area contributed by atoms with Crippen molar-refractivity contribution in [2.24, 2.45) is 0 Å². The van der Waals surface area contributed by atoms with E-state index in [0.717, 1.165) is 0 Å². The van der Waals surface area contributed by atoms with E-state index in [-0.39, 0.29) is 28.4 Å². The van der Waals surface area contributed by atoms with Crippen molar-refractivity contribution in [2.45, 2.75) is 19.4 Å². The van der Waals surface area contributed by atoms with E-state index < -0.39 is 34.4 Å². The Morgan fingerprint density at radius 2 is 1.63 bits per heavy atom. The molecule has 1 aliphatic rings. The molecule has 30 heavy (non-hydrogen) atoms. The standard InChI is InChI=1S/C22H23NO6S/c1-2-23(17-12-13-30(27,28)15-17)20(24)14-29-22(26)19-11-7-6-10-18(19)21(25)16-8-4-3-5-9-16/h3-11,17H,2,12-15H2,1H3. The van der Waals surface area contributed by atoms with E-state index in [2.05, 4.69) is 0 Å². The van der Waals surface area contributed by atoms with Gasteiger partial charge in [0.2, 0.25) is 0 Å². The lowest BCUT2D eigenvalue weighted by molar-refractivity contribution is -0.136. The summed E-state index contributed by atoms with van der Waals surface area (Å²) in [7, 11) is -3.14. The van der Waals surface area contributed by atoms with Gasteiger partial charge in [-0.2, -0.15) is 0 Å². The zero-order chi connectivity index (χ0) is 21.7. The Hall–Kier alpha value is -3.00. The van der Waals surface area contributed by atoms with E-state index in [0.29, 0.717) is 18.5 Å². The van der Waals surface area contributed by atoms with Gasteiger partial charge in [0.25, 0.3) is 5.91 Å². The Morgan fingerprint density at radius 3 is 2.23 bits per heavy atom. The van der Waals surface area contributed by atoms with Gasteiger partial charge in [-0.25, -0.2) is 13.2 Å². The topological polar surface area (TPSA) is 97.8 Å². The second-order valence-corrected chi connectivity index (χ2v) is 9.28. The van der Waals surface area contributed by atoms with Crippen molar-refractivity contribution >= 4 is 27.5 Å². The second-order valence-electron chi connectivity index (χ2n) is 7.05. The van der Waals surface area contributed by atoms with E-state index in [1.165, 1.54) is 17.0 Å². The summed E-state index contributed by atoms with van der Waals surface area (Å²) in [6.45, 7) is 1.55. The fourth-order valence-corrected chi connectivity index (χ4v) is 5.28. The molecule has 1 atom stereocenters. The molecule has 0 radical (unpaired) electrons. The van der Waals surface area contributed by atoms with Gasteiger partial charge in [-0.1, -0.05) is 48.5 Å². The monoisotopic (exact) mass is 429 g/mol. The van der Waals surface area contributed by atoms with Crippen LogP contribution in [-0.4, -0.2) is 61.7 Å². The molecule has 0 bridgehead atoms. The molecule has 0 aromatic heterocycles. The average Bonchev–Trinajstić information content (AvgIpc) is 3.11. The highest BCUT2D eigenvalue weighted by molar-refractivity contribution is 7.91. The van der Waals surface area contributed by atoms with Gasteiger partial charge in [0, 0.05) is 23.7 Å². The Bertz CT molecular complexity index is 1050. The Morgan fingerprint density at radius 1 is 1.00 bits per heavy atom. The van der Waals surface area contributed by atoms with Crippen LogP contribution in [0.15, 0.2) is 54.6 Å². The number of hydrogen-bond acceptors (Lipinski definition) is 6. The van der Waals surface area contributed by atoms with Crippen molar-refractivity contribution in [1.29, 1.82) is 0 Å². The Kier molecular flexibility index (Phi) is 6.66. The highest BCUT2D eigenvalue weighted by atomic mass is 32.2. The summed E-state index contributed by atoms with van der Waals surface area (Å²) >= 11 is 0. The van der Waals surface area contributed by atoms with Gasteiger partial charge in [0.05, 0.1) is 17.1 Å². The molecule has 2 aromatic rings. The van der Waals surface area contributed by atoms with Crippen molar-refractivity contribution in [2.75, 3.05) is 24.7 Å². The summed E-state index contributed by atoms with van der Waals surface area (Å²) in [5.41, 5.74) is 0.703. The number of benzene rings is 2. The zero-order valence-corrected chi connectivity index (χ0v) is 17.4. The van der Waals surface area contributed by atoms with Crippen molar-refractivity contribution in [1.82, 2.24) is 4.90 Å². The molecular formula is C22H23NO6S. The van der Waals surface area contributed by atoms with Crippen LogP contribution in [-0.2, 0) is 19.4 Å². The smallest absolute Gasteiger partial charge is 0.339 e. The molecule has 0 N–H and O–H groups in total. The molecule has 2 aromatic carbocycles. The fourth-order valence-electron chi connectivity index (χ4n) is 3.55. The van der Waals surface area contributed by atoms with Crippen LogP contribution in [0.4, 0.5) is 0 Å². The largest absolute Gasteiger partial charge is 0.452 e. The van der Waals surface area contributed by atoms with Crippen molar-refractivity contribution in [3.63, 3.8) is 0 Å². The van der Waals surface area contributed by atoms with Crippen LogP contribution in [0.3, 0.4) is 0 Å². The zero-order valence-electron chi connectivity index (χ0n) is 16.6. The van der Waals surface area contributed by atoms with Crippen molar-refractivity contribution in [3.05, 3.63) is 71.3 Å². The number of hydrogen-bond donors (Lipinski definition) is 0. The van der Waals surface area contributed by atoms with Gasteiger partial charge >= 0.3 is 5.97 Å². The van der Waals surface area contributed by atoms with E-state index in [9.17, 15) is 22.8 Å². The van der Waals surface area contributed by atoms with Gasteiger partial charge in [-0.15, -0.1) is 0 Å². The summed E-state index contributed by atoms with van der Waals surface area (Å²) < 4.78 is 28.6. The molecule has 7 nitrogen and oxygen atoms in total. The SMILES string of the molecule is CCN(C(=O)COC(=O)c1ccccc1C(=O)c1ccccc1)C1CCS(=O)(=O)C1. The summed E-state index contributed by atoms with van der Waals surface area (Å²) in [6, 6.07) is 14.4. The number of sulfone groups is 1. The Balaban J connectivity index is 1.69. The third-order valence-electron chi connectivity index (χ3n) is 5.06. The average molecular weight is 429 g/mol. The van der Waals surface area contributed by atoms with E-state index >= 15 is 0 Å². The molecule has 1 fully saturated rings. The summed E-state index contributed by atoms with van der Waals surface area (Å²) in [5, 5.41) is 0. The third kappa shape index (κ3) is 4.94. The first-order chi connectivity index (χ1) is 14.3. The maximum Gasteiger partial charge on any atom is 0.339 e. The summed E-state index contributed by atoms with van der Waals surface area (Å²) in [6.07, 6.45) is 0.379. The molecule has 1 unspecified atom stereocenters. The normalized spacial score (nSPS) is 17.3. The molecule has 1 heterocycles. The van der Waals surface area contributed by atoms with E-state index in [1.807, 2.05) is 0 Å². The summed E-state index contributed by atoms with van der Waals surface area (Å²) in [4.78, 5) is 39.3. The first kappa shape index (κ1) is 21.7. The molecule has 3 rings (SSSR count). The van der Waals surface area contributed by atoms with Gasteiger partial charge in [0.15, 0.2) is 22.2 Å². The number of ether oxygens (including phenoxy) is 1. The van der Waals surface area contributed by atoms with Crippen LogP contribution in [0.2, 0.25) is 0 Å². The van der Waals surface area contributed by atoms with Gasteiger partial charge in [-0.05, 0) is 19.4 Å². The highest BCUT2D eigenvalue weighted by Gasteiger charge is 2.34. The highest BCUT2D eigenvalue weighted by Crippen LogP contribution is 2.19. The minimum absolute atomic E-state index is 0.0518. The van der Waals surface area contributed by atoms with Crippen LogP contribution in [0, 0.1) is 0 Å². The fraction of sp³-hybridized carbons (Fsp3) is 0.318. The lowest BCUT2D eigenvalue weighted by Crippen LogP contribution is -2.43. The second kappa shape index (κ2) is 9.21. The molecule has 0 spiro atoms. The number of nitrogens with zero attached hydrogens (tertiary/aromatic N) is 1. The van der Waals surface area contributed by atoms with E-state index in [1.54, 1.807) is 49.4 Å². The predicted octanol–water partition coefficient (Wildman–Crippen LogP) is 2.11. The van der Waals surface area contributed by atoms with Gasteiger partial charge < -0.3 is 9.64 Å². The number of amides is 1. The molecule has 158 valence electrons. The quantitative estimate of drug-likeness (QED) is 0.494. The molecule has 0 saturated carbocycles. The lowest BCUT2D eigenvalue weighted by atomic mass is 9.98. The molecular weight excluding hydrogens is 406 g/mol.